The van der Waals surface area contributed by atoms with Gasteiger partial charge in [0.25, 0.3) is 0 Å². The van der Waals surface area contributed by atoms with Crippen LogP contribution < -0.4 is 5.32 Å². The number of fused-ring (bicyclic) bond motifs is 5. The molecule has 0 atom stereocenters. The highest BCUT2D eigenvalue weighted by Gasteiger charge is 2.31. The first-order chi connectivity index (χ1) is 19.2. The van der Waals surface area contributed by atoms with Gasteiger partial charge in [-0.25, -0.2) is 4.79 Å². The maximum Gasteiger partial charge on any atom is 0.345 e. The Hall–Kier alpha value is -3.57. The number of anilines is 1. The molecule has 4 nitrogen and oxygen atoms in total. The summed E-state index contributed by atoms with van der Waals surface area (Å²) in [7, 11) is 0. The average molecular weight is 555 g/mol. The number of carboxylic acid groups (broad SMARTS) is 1. The predicted octanol–water partition coefficient (Wildman–Crippen LogP) is 10.1. The highest BCUT2D eigenvalue weighted by molar-refractivity contribution is 7.21. The van der Waals surface area contributed by atoms with Crippen LogP contribution in [0.25, 0.3) is 27.6 Å². The van der Waals surface area contributed by atoms with Gasteiger partial charge >= 0.3 is 5.97 Å². The lowest BCUT2D eigenvalue weighted by Gasteiger charge is -2.24. The largest absolute Gasteiger partial charge is 0.477 e. The lowest BCUT2D eigenvalue weighted by molar-refractivity contribution is 0.0702. The third kappa shape index (κ3) is 5.80. The van der Waals surface area contributed by atoms with Gasteiger partial charge in [-0.3, -0.25) is 0 Å². The normalized spacial score (nSPS) is 15.2. The van der Waals surface area contributed by atoms with E-state index in [1.54, 1.807) is 0 Å². The molecule has 0 bridgehead atoms. The van der Waals surface area contributed by atoms with E-state index in [1.165, 1.54) is 53.0 Å². The predicted molar refractivity (Wildman–Crippen MR) is 174 cm³/mol. The van der Waals surface area contributed by atoms with Crippen molar-refractivity contribution in [2.75, 3.05) is 11.9 Å². The standard InChI is InChI=1S/C31H34N2O2S.C4H8/c1-18(2)21(5)19(3)11-13-23-20(4)12-14-24-28(23)32-15-16-33-25-17-26(31(34)35)36-30(25)27(29(24)33)22-9-7-6-8-10-22;1-3-4-2/h11-14,17,22,32H,1,3,5-10,15-16H2,2,4H3,(H,34,35);3-4H,1-2H3/b13-11-;4-3-. The number of aromatic carboxylic acids is 1. The number of allylic oxidation sites excluding steroid dienone is 6. The summed E-state index contributed by atoms with van der Waals surface area (Å²) in [5.74, 6) is -0.380. The van der Waals surface area contributed by atoms with Crippen molar-refractivity contribution in [1.82, 2.24) is 4.57 Å². The van der Waals surface area contributed by atoms with Crippen molar-refractivity contribution in [3.63, 3.8) is 0 Å². The van der Waals surface area contributed by atoms with E-state index >= 15 is 0 Å². The van der Waals surface area contributed by atoms with E-state index in [1.807, 2.05) is 45.1 Å². The Morgan fingerprint density at radius 3 is 2.45 bits per heavy atom. The summed E-state index contributed by atoms with van der Waals surface area (Å²) in [6.45, 7) is 22.0. The minimum atomic E-state index is -0.841. The molecule has 1 aliphatic heterocycles. The molecular formula is C35H42N2O2S. The number of hydrogen-bond acceptors (Lipinski definition) is 3. The molecular weight excluding hydrogens is 512 g/mol. The van der Waals surface area contributed by atoms with E-state index in [0.29, 0.717) is 10.8 Å². The van der Waals surface area contributed by atoms with Crippen LogP contribution in [-0.4, -0.2) is 22.2 Å². The molecule has 2 aliphatic rings. The molecule has 1 aliphatic carbocycles. The smallest absolute Gasteiger partial charge is 0.345 e. The summed E-state index contributed by atoms with van der Waals surface area (Å²) in [6.07, 6.45) is 14.2. The molecule has 5 rings (SSSR count). The number of carbonyl (C=O) groups is 1. The Kier molecular flexibility index (Phi) is 9.36. The zero-order chi connectivity index (χ0) is 29.0. The van der Waals surface area contributed by atoms with E-state index in [4.69, 9.17) is 0 Å². The fourth-order valence-electron chi connectivity index (χ4n) is 5.72. The lowest BCUT2D eigenvalue weighted by atomic mass is 9.82. The van der Waals surface area contributed by atoms with Gasteiger partial charge in [0.2, 0.25) is 0 Å². The molecule has 210 valence electrons. The number of thiophene rings is 1. The van der Waals surface area contributed by atoms with Crippen molar-refractivity contribution in [1.29, 1.82) is 0 Å². The summed E-state index contributed by atoms with van der Waals surface area (Å²) >= 11 is 1.44. The second-order valence-corrected chi connectivity index (χ2v) is 11.9. The Morgan fingerprint density at radius 1 is 1.12 bits per heavy atom. The van der Waals surface area contributed by atoms with Crippen LogP contribution in [0.5, 0.6) is 0 Å². The molecule has 1 saturated carbocycles. The summed E-state index contributed by atoms with van der Waals surface area (Å²) in [4.78, 5) is 12.3. The van der Waals surface area contributed by atoms with Crippen LogP contribution >= 0.6 is 11.3 Å². The zero-order valence-electron chi connectivity index (χ0n) is 24.4. The topological polar surface area (TPSA) is 54.3 Å². The van der Waals surface area contributed by atoms with Crippen LogP contribution in [0.3, 0.4) is 0 Å². The quantitative estimate of drug-likeness (QED) is 0.235. The van der Waals surface area contributed by atoms with Crippen molar-refractivity contribution in [2.45, 2.75) is 72.3 Å². The van der Waals surface area contributed by atoms with E-state index in [2.05, 4.69) is 54.8 Å². The monoisotopic (exact) mass is 554 g/mol. The maximum atomic E-state index is 11.9. The van der Waals surface area contributed by atoms with Crippen molar-refractivity contribution in [3.8, 4) is 11.3 Å². The molecule has 0 saturated heterocycles. The van der Waals surface area contributed by atoms with Crippen LogP contribution in [-0.2, 0) is 6.54 Å². The van der Waals surface area contributed by atoms with Crippen LogP contribution in [0.2, 0.25) is 0 Å². The van der Waals surface area contributed by atoms with Gasteiger partial charge in [0.15, 0.2) is 0 Å². The third-order valence-electron chi connectivity index (χ3n) is 8.04. The summed E-state index contributed by atoms with van der Waals surface area (Å²) in [5, 5.41) is 13.4. The van der Waals surface area contributed by atoms with Crippen LogP contribution in [0, 0.1) is 6.92 Å². The molecule has 0 amide bonds. The van der Waals surface area contributed by atoms with Gasteiger partial charge in [0, 0.05) is 24.2 Å². The number of carboxylic acids is 1. The van der Waals surface area contributed by atoms with E-state index in [9.17, 15) is 9.90 Å². The van der Waals surface area contributed by atoms with Gasteiger partial charge in [-0.2, -0.15) is 0 Å². The first-order valence-corrected chi connectivity index (χ1v) is 15.1. The lowest BCUT2D eigenvalue weighted by Crippen LogP contribution is -2.08. The second kappa shape index (κ2) is 12.7. The van der Waals surface area contributed by atoms with Gasteiger partial charge in [0.05, 0.1) is 21.6 Å². The van der Waals surface area contributed by atoms with E-state index in [-0.39, 0.29) is 0 Å². The Bertz CT molecular complexity index is 1520. The molecule has 0 spiro atoms. The molecule has 2 aromatic heterocycles. The summed E-state index contributed by atoms with van der Waals surface area (Å²) in [5.41, 5.74) is 11.0. The van der Waals surface area contributed by atoms with Crippen LogP contribution in [0.1, 0.15) is 85.2 Å². The fraction of sp³-hybridized carbons (Fsp3) is 0.343. The Morgan fingerprint density at radius 2 is 1.82 bits per heavy atom. The van der Waals surface area contributed by atoms with Crippen molar-refractivity contribution < 1.29 is 9.90 Å². The van der Waals surface area contributed by atoms with Crippen LogP contribution in [0.15, 0.2) is 72.9 Å². The first-order valence-electron chi connectivity index (χ1n) is 14.3. The number of aryl methyl sites for hydroxylation is 1. The highest BCUT2D eigenvalue weighted by atomic mass is 32.1. The third-order valence-corrected chi connectivity index (χ3v) is 9.19. The second-order valence-electron chi connectivity index (χ2n) is 10.8. The van der Waals surface area contributed by atoms with Gasteiger partial charge in [0.1, 0.15) is 4.88 Å². The van der Waals surface area contributed by atoms with Gasteiger partial charge < -0.3 is 15.0 Å². The van der Waals surface area contributed by atoms with Crippen molar-refractivity contribution >= 4 is 39.3 Å². The fourth-order valence-corrected chi connectivity index (χ4v) is 6.85. The van der Waals surface area contributed by atoms with Gasteiger partial charge in [-0.15, -0.1) is 11.3 Å². The van der Waals surface area contributed by atoms with Crippen LogP contribution in [0.4, 0.5) is 5.69 Å². The summed E-state index contributed by atoms with van der Waals surface area (Å²) < 4.78 is 3.53. The van der Waals surface area contributed by atoms with Gasteiger partial charge in [-0.1, -0.05) is 81.0 Å². The number of rotatable bonds is 6. The molecule has 2 N–H and O–H groups in total. The number of nitrogens with one attached hydrogen (secondary N) is 1. The Labute approximate surface area is 243 Å². The van der Waals surface area contributed by atoms with Crippen molar-refractivity contribution in [2.24, 2.45) is 0 Å². The maximum absolute atomic E-state index is 11.9. The van der Waals surface area contributed by atoms with E-state index in [0.717, 1.165) is 64.1 Å². The SMILES string of the molecule is C/C=C\C.C=C(C)C(=C)C(=C)/C=C\c1c(C)ccc2c1NCCn1c-2c(C2CCCCC2)c2sc(C(=O)O)cc21. The summed E-state index contributed by atoms with van der Waals surface area (Å²) in [6, 6.07) is 6.31. The Balaban J connectivity index is 0.000000867. The molecule has 0 unspecified atom stereocenters. The number of aromatic nitrogens is 1. The molecule has 1 aromatic carbocycles. The molecule has 40 heavy (non-hydrogen) atoms. The molecule has 1 fully saturated rings. The zero-order valence-corrected chi connectivity index (χ0v) is 25.2. The number of nitrogens with zero attached hydrogens (tertiary/aromatic N) is 1. The molecule has 5 heteroatoms. The number of benzene rings is 1. The molecule has 3 aromatic rings. The van der Waals surface area contributed by atoms with Crippen molar-refractivity contribution in [3.05, 3.63) is 94.5 Å². The molecule has 3 heterocycles. The first kappa shape index (κ1) is 29.4. The minimum absolute atomic E-state index is 0.425. The number of hydrogen-bond donors (Lipinski definition) is 2. The average Bonchev–Trinajstić information content (AvgIpc) is 3.44. The van der Waals surface area contributed by atoms with Gasteiger partial charge in [-0.05, 0) is 74.8 Å². The van der Waals surface area contributed by atoms with E-state index < -0.39 is 5.97 Å². The highest BCUT2D eigenvalue weighted by Crippen LogP contribution is 2.49. The molecule has 0 radical (unpaired) electrons. The minimum Gasteiger partial charge on any atom is -0.477 e.